The minimum atomic E-state index is -0.407. The molecule has 2 amide bonds. The fraction of sp³-hybridized carbons (Fsp3) is 0.630. The lowest BCUT2D eigenvalue weighted by atomic mass is 10.1. The van der Waals surface area contributed by atoms with Gasteiger partial charge in [0.2, 0.25) is 5.91 Å². The van der Waals surface area contributed by atoms with E-state index in [9.17, 15) is 19.2 Å². The standard InChI is InChI=1S/C27H41N3O5S/c1-5-29(15-9-7-8-10-18-36-25-19-24(32)20(3)26(25)33)16-17-30(6-2)27(34)35-23-13-11-22(12-14-23)28-21(4)31/h11-14,20,25H,5-10,15-19H2,1-4H3,(H,28,31). The molecule has 1 N–H and O–H groups in total. The number of benzene rings is 1. The van der Waals surface area contributed by atoms with Gasteiger partial charge < -0.3 is 19.9 Å². The van der Waals surface area contributed by atoms with Gasteiger partial charge in [0, 0.05) is 38.7 Å². The highest BCUT2D eigenvalue weighted by atomic mass is 32.2. The van der Waals surface area contributed by atoms with E-state index in [1.165, 1.54) is 6.92 Å². The van der Waals surface area contributed by atoms with Gasteiger partial charge in [-0.25, -0.2) is 4.79 Å². The van der Waals surface area contributed by atoms with E-state index in [1.54, 1.807) is 47.9 Å². The number of nitrogens with one attached hydrogen (secondary N) is 1. The highest BCUT2D eigenvalue weighted by Crippen LogP contribution is 2.29. The molecular weight excluding hydrogens is 478 g/mol. The number of ether oxygens (including phenoxy) is 1. The second kappa shape index (κ2) is 15.7. The summed E-state index contributed by atoms with van der Waals surface area (Å²) in [4.78, 5) is 51.4. The number of rotatable bonds is 15. The highest BCUT2D eigenvalue weighted by molar-refractivity contribution is 8.00. The van der Waals surface area contributed by atoms with Crippen LogP contribution in [0.1, 0.15) is 59.8 Å². The maximum atomic E-state index is 12.6. The minimum Gasteiger partial charge on any atom is -0.410 e. The first kappa shape index (κ1) is 29.8. The molecule has 0 saturated heterocycles. The Labute approximate surface area is 219 Å². The van der Waals surface area contributed by atoms with Crippen LogP contribution in [0.4, 0.5) is 10.5 Å². The molecule has 8 nitrogen and oxygen atoms in total. The maximum Gasteiger partial charge on any atom is 0.415 e. The van der Waals surface area contributed by atoms with Crippen LogP contribution in [-0.4, -0.2) is 77.1 Å². The van der Waals surface area contributed by atoms with E-state index in [2.05, 4.69) is 17.1 Å². The van der Waals surface area contributed by atoms with Gasteiger partial charge in [0.25, 0.3) is 0 Å². The van der Waals surface area contributed by atoms with E-state index in [4.69, 9.17) is 4.74 Å². The molecule has 0 aromatic heterocycles. The molecule has 36 heavy (non-hydrogen) atoms. The number of carbonyl (C=O) groups excluding carboxylic acids is 4. The zero-order valence-electron chi connectivity index (χ0n) is 22.1. The van der Waals surface area contributed by atoms with Crippen LogP contribution in [-0.2, 0) is 14.4 Å². The van der Waals surface area contributed by atoms with Crippen molar-refractivity contribution in [1.29, 1.82) is 0 Å². The molecule has 0 heterocycles. The normalized spacial score (nSPS) is 17.5. The van der Waals surface area contributed by atoms with E-state index < -0.39 is 5.92 Å². The molecule has 0 spiro atoms. The Bertz CT molecular complexity index is 877. The van der Waals surface area contributed by atoms with Gasteiger partial charge in [0.1, 0.15) is 11.5 Å². The number of hydrogen-bond donors (Lipinski definition) is 1. The fourth-order valence-electron chi connectivity index (χ4n) is 4.10. The number of likely N-dealkylation sites (N-methyl/N-ethyl adjacent to an activating group) is 2. The maximum absolute atomic E-state index is 12.6. The summed E-state index contributed by atoms with van der Waals surface area (Å²) in [6, 6.07) is 6.74. The second-order valence-electron chi connectivity index (χ2n) is 9.16. The molecule has 1 aromatic rings. The van der Waals surface area contributed by atoms with Crippen molar-refractivity contribution in [3.63, 3.8) is 0 Å². The number of Topliss-reactive ketones (excluding diaryl/α,β-unsaturated/α-hetero) is 2. The van der Waals surface area contributed by atoms with Gasteiger partial charge in [-0.3, -0.25) is 14.4 Å². The van der Waals surface area contributed by atoms with Crippen molar-refractivity contribution in [2.75, 3.05) is 43.8 Å². The van der Waals surface area contributed by atoms with E-state index in [1.807, 2.05) is 6.92 Å². The van der Waals surface area contributed by atoms with Crippen LogP contribution in [0.15, 0.2) is 24.3 Å². The zero-order valence-corrected chi connectivity index (χ0v) is 22.9. The van der Waals surface area contributed by atoms with Gasteiger partial charge in [-0.1, -0.05) is 19.8 Å². The molecule has 9 heteroatoms. The molecule has 0 aliphatic heterocycles. The van der Waals surface area contributed by atoms with Crippen molar-refractivity contribution < 1.29 is 23.9 Å². The van der Waals surface area contributed by atoms with Crippen molar-refractivity contribution in [2.24, 2.45) is 5.92 Å². The van der Waals surface area contributed by atoms with Gasteiger partial charge in [0.15, 0.2) is 5.78 Å². The third-order valence-electron chi connectivity index (χ3n) is 6.45. The van der Waals surface area contributed by atoms with Crippen molar-refractivity contribution in [1.82, 2.24) is 9.80 Å². The minimum absolute atomic E-state index is 0.0874. The Morgan fingerprint density at radius 3 is 2.28 bits per heavy atom. The Morgan fingerprint density at radius 1 is 1.00 bits per heavy atom. The van der Waals surface area contributed by atoms with Crippen LogP contribution in [0.5, 0.6) is 5.75 Å². The number of nitrogens with zero attached hydrogens (tertiary/aromatic N) is 2. The quantitative estimate of drug-likeness (QED) is 0.267. The number of unbranched alkanes of at least 4 members (excludes halogenated alkanes) is 3. The van der Waals surface area contributed by atoms with Crippen molar-refractivity contribution in [3.8, 4) is 5.75 Å². The Hall–Kier alpha value is -2.39. The first-order chi connectivity index (χ1) is 17.2. The molecule has 1 aromatic carbocycles. The summed E-state index contributed by atoms with van der Waals surface area (Å²) in [5.41, 5.74) is 0.655. The van der Waals surface area contributed by atoms with E-state index in [-0.39, 0.29) is 28.8 Å². The third-order valence-corrected chi connectivity index (χ3v) is 7.78. The van der Waals surface area contributed by atoms with Gasteiger partial charge in [-0.2, -0.15) is 11.8 Å². The highest BCUT2D eigenvalue weighted by Gasteiger charge is 2.37. The summed E-state index contributed by atoms with van der Waals surface area (Å²) in [5.74, 6) is 1.00. The van der Waals surface area contributed by atoms with Crippen LogP contribution >= 0.6 is 11.8 Å². The molecule has 2 unspecified atom stereocenters. The molecule has 1 fully saturated rings. The molecule has 1 aliphatic carbocycles. The Balaban J connectivity index is 1.62. The van der Waals surface area contributed by atoms with Crippen molar-refractivity contribution in [3.05, 3.63) is 24.3 Å². The molecule has 0 radical (unpaired) electrons. The predicted molar refractivity (Wildman–Crippen MR) is 145 cm³/mol. The lowest BCUT2D eigenvalue weighted by molar-refractivity contribution is -0.126. The van der Waals surface area contributed by atoms with Crippen molar-refractivity contribution in [2.45, 2.75) is 65.0 Å². The first-order valence-corrected chi connectivity index (χ1v) is 14.0. The topological polar surface area (TPSA) is 96.0 Å². The zero-order chi connectivity index (χ0) is 26.5. The lowest BCUT2D eigenvalue weighted by Gasteiger charge is -2.25. The molecule has 0 bridgehead atoms. The van der Waals surface area contributed by atoms with Gasteiger partial charge >= 0.3 is 6.09 Å². The van der Waals surface area contributed by atoms with Crippen molar-refractivity contribution >= 4 is 41.0 Å². The second-order valence-corrected chi connectivity index (χ2v) is 10.5. The summed E-state index contributed by atoms with van der Waals surface area (Å²) < 4.78 is 5.50. The smallest absolute Gasteiger partial charge is 0.410 e. The van der Waals surface area contributed by atoms with E-state index >= 15 is 0 Å². The SMILES string of the molecule is CCN(CCCCCCSC1CC(=O)C(C)C1=O)CCN(CC)C(=O)Oc1ccc(NC(C)=O)cc1. The van der Waals surface area contributed by atoms with Gasteiger partial charge in [0.05, 0.1) is 11.2 Å². The molecule has 1 aliphatic rings. The summed E-state index contributed by atoms with van der Waals surface area (Å²) in [5, 5.41) is 2.56. The number of thioether (sulfide) groups is 1. The molecule has 1 saturated carbocycles. The summed E-state index contributed by atoms with van der Waals surface area (Å²) in [6.07, 6.45) is 4.42. The number of hydrogen-bond acceptors (Lipinski definition) is 7. The van der Waals surface area contributed by atoms with E-state index in [0.29, 0.717) is 30.9 Å². The van der Waals surface area contributed by atoms with Crippen LogP contribution in [0.3, 0.4) is 0 Å². The number of amides is 2. The fourth-order valence-corrected chi connectivity index (χ4v) is 5.40. The summed E-state index contributed by atoms with van der Waals surface area (Å²) in [6.45, 7) is 11.1. The first-order valence-electron chi connectivity index (χ1n) is 13.0. The average Bonchev–Trinajstić information content (AvgIpc) is 3.09. The Kier molecular flexibility index (Phi) is 13.0. The largest absolute Gasteiger partial charge is 0.415 e. The molecular formula is C27H41N3O5S. The Morgan fingerprint density at radius 2 is 1.69 bits per heavy atom. The number of ketones is 2. The average molecular weight is 520 g/mol. The van der Waals surface area contributed by atoms with Crippen LogP contribution in [0, 0.1) is 5.92 Å². The van der Waals surface area contributed by atoms with Gasteiger partial charge in [-0.05, 0) is 69.8 Å². The third kappa shape index (κ3) is 9.93. The summed E-state index contributed by atoms with van der Waals surface area (Å²) in [7, 11) is 0. The molecule has 2 rings (SSSR count). The van der Waals surface area contributed by atoms with Crippen LogP contribution in [0.25, 0.3) is 0 Å². The van der Waals surface area contributed by atoms with Gasteiger partial charge in [-0.15, -0.1) is 0 Å². The van der Waals surface area contributed by atoms with E-state index in [0.717, 1.165) is 51.1 Å². The predicted octanol–water partition coefficient (Wildman–Crippen LogP) is 4.63. The lowest BCUT2D eigenvalue weighted by Crippen LogP contribution is -2.40. The molecule has 2 atom stereocenters. The summed E-state index contributed by atoms with van der Waals surface area (Å²) >= 11 is 1.64. The van der Waals surface area contributed by atoms with Crippen LogP contribution < -0.4 is 10.1 Å². The number of carbonyl (C=O) groups is 4. The number of anilines is 1. The molecule has 200 valence electrons. The van der Waals surface area contributed by atoms with Crippen LogP contribution in [0.2, 0.25) is 0 Å². The monoisotopic (exact) mass is 519 g/mol.